The highest BCUT2D eigenvalue weighted by Crippen LogP contribution is 2.21. The summed E-state index contributed by atoms with van der Waals surface area (Å²) < 4.78 is 1.67. The topological polar surface area (TPSA) is 59.8 Å². The molecule has 0 saturated carbocycles. The van der Waals surface area contributed by atoms with Crippen LogP contribution in [0.4, 0.5) is 5.82 Å². The second-order valence-corrected chi connectivity index (χ2v) is 4.99. The predicted molar refractivity (Wildman–Crippen MR) is 85.2 cm³/mol. The van der Waals surface area contributed by atoms with E-state index in [1.165, 1.54) is 0 Å². The van der Waals surface area contributed by atoms with Crippen molar-refractivity contribution in [3.8, 4) is 11.3 Å². The van der Waals surface area contributed by atoms with Crippen LogP contribution in [-0.2, 0) is 18.3 Å². The molecule has 1 N–H and O–H groups in total. The lowest BCUT2D eigenvalue weighted by atomic mass is 10.1. The van der Waals surface area contributed by atoms with E-state index in [4.69, 9.17) is 0 Å². The van der Waals surface area contributed by atoms with Crippen LogP contribution in [0.15, 0.2) is 60.9 Å². The van der Waals surface area contributed by atoms with Gasteiger partial charge < -0.3 is 5.32 Å². The summed E-state index contributed by atoms with van der Waals surface area (Å²) in [6, 6.07) is 15.4. The van der Waals surface area contributed by atoms with Gasteiger partial charge in [-0.15, -0.1) is 0 Å². The van der Waals surface area contributed by atoms with Crippen molar-refractivity contribution in [2.45, 2.75) is 6.42 Å². The Morgan fingerprint density at radius 1 is 1.18 bits per heavy atom. The molecule has 1 aromatic carbocycles. The maximum atomic E-state index is 12.1. The number of carbonyl (C=O) groups is 1. The number of benzene rings is 1. The van der Waals surface area contributed by atoms with Gasteiger partial charge in [0.15, 0.2) is 0 Å². The van der Waals surface area contributed by atoms with Gasteiger partial charge in [0.1, 0.15) is 5.82 Å². The third-order valence-corrected chi connectivity index (χ3v) is 3.30. The molecule has 0 aliphatic rings. The molecule has 0 fully saturated rings. The van der Waals surface area contributed by atoms with Crippen LogP contribution < -0.4 is 5.32 Å². The SMILES string of the molecule is Cn1nc(-c2ccccc2)cc1NC(=O)Cc1cccnc1. The summed E-state index contributed by atoms with van der Waals surface area (Å²) in [4.78, 5) is 16.1. The molecule has 0 atom stereocenters. The first-order valence-electron chi connectivity index (χ1n) is 7.00. The second-order valence-electron chi connectivity index (χ2n) is 4.99. The largest absolute Gasteiger partial charge is 0.311 e. The zero-order valence-electron chi connectivity index (χ0n) is 12.2. The van der Waals surface area contributed by atoms with E-state index in [9.17, 15) is 4.79 Å². The lowest BCUT2D eigenvalue weighted by molar-refractivity contribution is -0.115. The Bertz CT molecular complexity index is 766. The Kier molecular flexibility index (Phi) is 3.96. The Morgan fingerprint density at radius 3 is 2.73 bits per heavy atom. The fourth-order valence-corrected chi connectivity index (χ4v) is 2.21. The van der Waals surface area contributed by atoms with Crippen LogP contribution in [0.25, 0.3) is 11.3 Å². The maximum absolute atomic E-state index is 12.1. The van der Waals surface area contributed by atoms with E-state index < -0.39 is 0 Å². The van der Waals surface area contributed by atoms with Gasteiger partial charge in [0, 0.05) is 31.1 Å². The molecule has 1 amide bonds. The molecule has 2 heterocycles. The number of nitrogens with one attached hydrogen (secondary N) is 1. The van der Waals surface area contributed by atoms with Gasteiger partial charge in [-0.25, -0.2) is 0 Å². The van der Waals surface area contributed by atoms with E-state index in [1.54, 1.807) is 17.1 Å². The molecule has 0 unspecified atom stereocenters. The molecule has 0 aliphatic heterocycles. The van der Waals surface area contributed by atoms with Crippen LogP contribution in [0, 0.1) is 0 Å². The standard InChI is InChI=1S/C17H16N4O/c1-21-16(11-15(20-21)14-7-3-2-4-8-14)19-17(22)10-13-6-5-9-18-12-13/h2-9,11-12H,10H2,1H3,(H,19,22). The summed E-state index contributed by atoms with van der Waals surface area (Å²) in [6.45, 7) is 0. The number of anilines is 1. The van der Waals surface area contributed by atoms with Gasteiger partial charge in [-0.1, -0.05) is 36.4 Å². The van der Waals surface area contributed by atoms with E-state index in [0.717, 1.165) is 16.8 Å². The van der Waals surface area contributed by atoms with Gasteiger partial charge in [0.25, 0.3) is 0 Å². The van der Waals surface area contributed by atoms with E-state index in [2.05, 4.69) is 15.4 Å². The van der Waals surface area contributed by atoms with E-state index in [0.29, 0.717) is 12.2 Å². The van der Waals surface area contributed by atoms with Gasteiger partial charge in [0.2, 0.25) is 5.91 Å². The number of hydrogen-bond donors (Lipinski definition) is 1. The fourth-order valence-electron chi connectivity index (χ4n) is 2.21. The predicted octanol–water partition coefficient (Wildman–Crippen LogP) is 2.66. The highest BCUT2D eigenvalue weighted by Gasteiger charge is 2.10. The first-order chi connectivity index (χ1) is 10.7. The minimum absolute atomic E-state index is 0.0874. The lowest BCUT2D eigenvalue weighted by Crippen LogP contribution is -2.16. The van der Waals surface area contributed by atoms with Gasteiger partial charge in [-0.05, 0) is 11.6 Å². The first-order valence-corrected chi connectivity index (χ1v) is 7.00. The van der Waals surface area contributed by atoms with Crippen molar-refractivity contribution in [1.82, 2.24) is 14.8 Å². The van der Waals surface area contributed by atoms with Gasteiger partial charge in [-0.2, -0.15) is 5.10 Å². The Labute approximate surface area is 128 Å². The van der Waals surface area contributed by atoms with Crippen molar-refractivity contribution in [2.24, 2.45) is 7.05 Å². The highest BCUT2D eigenvalue weighted by molar-refractivity contribution is 5.92. The molecule has 3 aromatic rings. The van der Waals surface area contributed by atoms with E-state index in [-0.39, 0.29) is 5.91 Å². The third-order valence-electron chi connectivity index (χ3n) is 3.30. The minimum atomic E-state index is -0.0874. The quantitative estimate of drug-likeness (QED) is 0.804. The number of rotatable bonds is 4. The van der Waals surface area contributed by atoms with Crippen molar-refractivity contribution < 1.29 is 4.79 Å². The minimum Gasteiger partial charge on any atom is -0.311 e. The van der Waals surface area contributed by atoms with Gasteiger partial charge in [0.05, 0.1) is 12.1 Å². The summed E-state index contributed by atoms with van der Waals surface area (Å²) in [5, 5.41) is 7.31. The fraction of sp³-hybridized carbons (Fsp3) is 0.118. The smallest absolute Gasteiger partial charge is 0.229 e. The normalized spacial score (nSPS) is 10.4. The lowest BCUT2D eigenvalue weighted by Gasteiger charge is -2.04. The van der Waals surface area contributed by atoms with Gasteiger partial charge in [-0.3, -0.25) is 14.5 Å². The molecule has 0 saturated heterocycles. The second kappa shape index (κ2) is 6.22. The molecular weight excluding hydrogens is 276 g/mol. The van der Waals surface area contributed by atoms with Crippen LogP contribution in [0.1, 0.15) is 5.56 Å². The Morgan fingerprint density at radius 2 is 2.00 bits per heavy atom. The summed E-state index contributed by atoms with van der Waals surface area (Å²) in [5.41, 5.74) is 2.73. The van der Waals surface area contributed by atoms with Crippen molar-refractivity contribution in [1.29, 1.82) is 0 Å². The van der Waals surface area contributed by atoms with E-state index >= 15 is 0 Å². The van der Waals surface area contributed by atoms with E-state index in [1.807, 2.05) is 55.6 Å². The monoisotopic (exact) mass is 292 g/mol. The zero-order valence-corrected chi connectivity index (χ0v) is 12.2. The molecule has 110 valence electrons. The number of carbonyl (C=O) groups excluding carboxylic acids is 1. The number of aryl methyl sites for hydroxylation is 1. The van der Waals surface area contributed by atoms with Crippen molar-refractivity contribution in [3.05, 3.63) is 66.5 Å². The van der Waals surface area contributed by atoms with Crippen LogP contribution in [-0.4, -0.2) is 20.7 Å². The molecule has 0 spiro atoms. The highest BCUT2D eigenvalue weighted by atomic mass is 16.1. The van der Waals surface area contributed by atoms with Gasteiger partial charge >= 0.3 is 0 Å². The van der Waals surface area contributed by atoms with Crippen molar-refractivity contribution in [3.63, 3.8) is 0 Å². The summed E-state index contributed by atoms with van der Waals surface area (Å²) >= 11 is 0. The number of amides is 1. The summed E-state index contributed by atoms with van der Waals surface area (Å²) in [5.74, 6) is 0.586. The average molecular weight is 292 g/mol. The zero-order chi connectivity index (χ0) is 15.4. The van der Waals surface area contributed by atoms with Crippen LogP contribution in [0.5, 0.6) is 0 Å². The summed E-state index contributed by atoms with van der Waals surface area (Å²) in [7, 11) is 1.81. The summed E-state index contributed by atoms with van der Waals surface area (Å²) in [6.07, 6.45) is 3.67. The molecule has 2 aromatic heterocycles. The Balaban J connectivity index is 1.73. The number of nitrogens with zero attached hydrogens (tertiary/aromatic N) is 3. The number of hydrogen-bond acceptors (Lipinski definition) is 3. The number of pyridine rings is 1. The molecule has 0 bridgehead atoms. The first kappa shape index (κ1) is 14.0. The molecule has 0 radical (unpaired) electrons. The molecule has 3 rings (SSSR count). The van der Waals surface area contributed by atoms with Crippen LogP contribution in [0.2, 0.25) is 0 Å². The molecule has 5 heteroatoms. The molecule has 22 heavy (non-hydrogen) atoms. The van der Waals surface area contributed by atoms with Crippen LogP contribution >= 0.6 is 0 Å². The maximum Gasteiger partial charge on any atom is 0.229 e. The molecule has 0 aliphatic carbocycles. The molecule has 5 nitrogen and oxygen atoms in total. The van der Waals surface area contributed by atoms with Crippen molar-refractivity contribution in [2.75, 3.05) is 5.32 Å². The van der Waals surface area contributed by atoms with Crippen LogP contribution in [0.3, 0.4) is 0 Å². The Hall–Kier alpha value is -2.95. The average Bonchev–Trinajstić information content (AvgIpc) is 2.90. The van der Waals surface area contributed by atoms with Crippen molar-refractivity contribution >= 4 is 11.7 Å². The third kappa shape index (κ3) is 3.20. The number of aromatic nitrogens is 3. The molecular formula is C17H16N4O.